The van der Waals surface area contributed by atoms with E-state index in [0.29, 0.717) is 18.3 Å². The summed E-state index contributed by atoms with van der Waals surface area (Å²) >= 11 is 0. The highest BCUT2D eigenvalue weighted by Gasteiger charge is 2.50. The van der Waals surface area contributed by atoms with Crippen LogP contribution in [-0.4, -0.2) is 41.0 Å². The molecule has 0 aromatic carbocycles. The molecule has 4 heteroatoms. The molecule has 1 amide bonds. The van der Waals surface area contributed by atoms with Gasteiger partial charge in [0.2, 0.25) is 5.91 Å². The average molecular weight is 259 g/mol. The van der Waals surface area contributed by atoms with Gasteiger partial charge in [-0.05, 0) is 37.3 Å². The summed E-state index contributed by atoms with van der Waals surface area (Å²) < 4.78 is 0. The lowest BCUT2D eigenvalue weighted by molar-refractivity contribution is -0.134. The number of pyridine rings is 1. The third-order valence-corrected chi connectivity index (χ3v) is 4.74. The maximum Gasteiger partial charge on any atom is 0.227 e. The van der Waals surface area contributed by atoms with E-state index >= 15 is 0 Å². The maximum absolute atomic E-state index is 12.5. The van der Waals surface area contributed by atoms with E-state index in [9.17, 15) is 4.79 Å². The molecule has 2 aliphatic rings. The molecule has 3 heterocycles. The van der Waals surface area contributed by atoms with Crippen LogP contribution in [0.25, 0.3) is 0 Å². The Hall–Kier alpha value is -1.42. The molecule has 0 aliphatic carbocycles. The van der Waals surface area contributed by atoms with E-state index in [4.69, 9.17) is 0 Å². The van der Waals surface area contributed by atoms with Gasteiger partial charge in [-0.1, -0.05) is 6.07 Å². The molecule has 1 N–H and O–H groups in total. The molecule has 19 heavy (non-hydrogen) atoms. The summed E-state index contributed by atoms with van der Waals surface area (Å²) in [7, 11) is 0. The Labute approximate surface area is 114 Å². The predicted molar refractivity (Wildman–Crippen MR) is 73.6 cm³/mol. The summed E-state index contributed by atoms with van der Waals surface area (Å²) in [5.41, 5.74) is 0.964. The van der Waals surface area contributed by atoms with Crippen LogP contribution < -0.4 is 5.32 Å². The quantitative estimate of drug-likeness (QED) is 0.864. The van der Waals surface area contributed by atoms with Crippen molar-refractivity contribution >= 4 is 5.91 Å². The van der Waals surface area contributed by atoms with E-state index < -0.39 is 0 Å². The predicted octanol–water partition coefficient (Wildman–Crippen LogP) is 1.08. The van der Waals surface area contributed by atoms with E-state index in [1.54, 1.807) is 12.4 Å². The summed E-state index contributed by atoms with van der Waals surface area (Å²) in [5, 5.41) is 3.44. The van der Waals surface area contributed by atoms with E-state index in [0.717, 1.165) is 25.2 Å². The van der Waals surface area contributed by atoms with Gasteiger partial charge in [0.1, 0.15) is 0 Å². The fourth-order valence-electron chi connectivity index (χ4n) is 3.62. The molecular formula is C15H21N3O. The molecule has 1 aromatic rings. The van der Waals surface area contributed by atoms with Crippen LogP contribution in [-0.2, 0) is 11.2 Å². The monoisotopic (exact) mass is 259 g/mol. The molecule has 0 radical (unpaired) electrons. The highest BCUT2D eigenvalue weighted by molar-refractivity contribution is 5.80. The Morgan fingerprint density at radius 2 is 2.37 bits per heavy atom. The molecule has 1 aromatic heterocycles. The van der Waals surface area contributed by atoms with Gasteiger partial charge in [0.05, 0.1) is 6.42 Å². The van der Waals surface area contributed by atoms with E-state index in [2.05, 4.69) is 29.0 Å². The Balaban J connectivity index is 1.74. The summed E-state index contributed by atoms with van der Waals surface area (Å²) in [5.74, 6) is 1.44. The van der Waals surface area contributed by atoms with Gasteiger partial charge in [-0.25, -0.2) is 0 Å². The molecule has 4 nitrogen and oxygen atoms in total. The maximum atomic E-state index is 12.5. The van der Waals surface area contributed by atoms with E-state index in [1.807, 2.05) is 12.1 Å². The van der Waals surface area contributed by atoms with Crippen molar-refractivity contribution in [1.29, 1.82) is 0 Å². The minimum Gasteiger partial charge on any atom is -0.337 e. The number of carbonyl (C=O) groups is 1. The van der Waals surface area contributed by atoms with Gasteiger partial charge in [0.15, 0.2) is 0 Å². The highest BCUT2D eigenvalue weighted by atomic mass is 16.2. The number of hydrogen-bond donors (Lipinski definition) is 1. The second-order valence-corrected chi connectivity index (χ2v) is 6.22. The van der Waals surface area contributed by atoms with E-state index in [-0.39, 0.29) is 11.4 Å². The molecule has 2 aliphatic heterocycles. The number of hydrogen-bond acceptors (Lipinski definition) is 3. The molecule has 0 bridgehead atoms. The van der Waals surface area contributed by atoms with E-state index in [1.165, 1.54) is 0 Å². The number of likely N-dealkylation sites (tertiary alicyclic amines) is 1. The summed E-state index contributed by atoms with van der Waals surface area (Å²) in [4.78, 5) is 18.7. The van der Waals surface area contributed by atoms with Crippen molar-refractivity contribution in [1.82, 2.24) is 15.2 Å². The smallest absolute Gasteiger partial charge is 0.227 e. The van der Waals surface area contributed by atoms with Crippen molar-refractivity contribution in [3.05, 3.63) is 30.1 Å². The Morgan fingerprint density at radius 1 is 1.53 bits per heavy atom. The van der Waals surface area contributed by atoms with Crippen molar-refractivity contribution in [2.45, 2.75) is 25.8 Å². The number of aromatic nitrogens is 1. The first-order valence-corrected chi connectivity index (χ1v) is 6.99. The second-order valence-electron chi connectivity index (χ2n) is 6.22. The third kappa shape index (κ3) is 2.14. The number of nitrogens with zero attached hydrogens (tertiary/aromatic N) is 2. The SMILES string of the molecule is CC1(C)C2CNCC2CN1C(=O)Cc1cccnc1. The van der Waals surface area contributed by atoms with Crippen LogP contribution in [0.15, 0.2) is 24.5 Å². The van der Waals surface area contributed by atoms with Gasteiger partial charge in [0, 0.05) is 37.6 Å². The zero-order valence-corrected chi connectivity index (χ0v) is 11.6. The third-order valence-electron chi connectivity index (χ3n) is 4.74. The number of nitrogens with one attached hydrogen (secondary N) is 1. The number of carbonyl (C=O) groups excluding carboxylic acids is 1. The summed E-state index contributed by atoms with van der Waals surface area (Å²) in [6.45, 7) is 7.38. The lowest BCUT2D eigenvalue weighted by Gasteiger charge is -2.35. The lowest BCUT2D eigenvalue weighted by Crippen LogP contribution is -2.48. The number of rotatable bonds is 2. The van der Waals surface area contributed by atoms with Gasteiger partial charge in [-0.15, -0.1) is 0 Å². The highest BCUT2D eigenvalue weighted by Crippen LogP contribution is 2.40. The van der Waals surface area contributed by atoms with Crippen LogP contribution in [0.1, 0.15) is 19.4 Å². The molecule has 2 atom stereocenters. The largest absolute Gasteiger partial charge is 0.337 e. The molecule has 0 spiro atoms. The van der Waals surface area contributed by atoms with Crippen LogP contribution in [0.2, 0.25) is 0 Å². The Bertz CT molecular complexity index is 472. The molecule has 3 rings (SSSR count). The fraction of sp³-hybridized carbons (Fsp3) is 0.600. The molecule has 2 fully saturated rings. The molecule has 102 valence electrons. The first kappa shape index (κ1) is 12.6. The molecule has 2 saturated heterocycles. The average Bonchev–Trinajstić information content (AvgIpc) is 2.93. The number of amides is 1. The van der Waals surface area contributed by atoms with Crippen LogP contribution in [0.5, 0.6) is 0 Å². The van der Waals surface area contributed by atoms with Crippen molar-refractivity contribution in [2.24, 2.45) is 11.8 Å². The van der Waals surface area contributed by atoms with Crippen LogP contribution in [0, 0.1) is 11.8 Å². The zero-order valence-electron chi connectivity index (χ0n) is 11.6. The minimum atomic E-state index is -0.0343. The zero-order chi connectivity index (χ0) is 13.5. The summed E-state index contributed by atoms with van der Waals surface area (Å²) in [6.07, 6.45) is 3.98. The molecule has 2 unspecified atom stereocenters. The van der Waals surface area contributed by atoms with Crippen molar-refractivity contribution < 1.29 is 4.79 Å². The lowest BCUT2D eigenvalue weighted by atomic mass is 9.85. The second kappa shape index (κ2) is 4.60. The van der Waals surface area contributed by atoms with Crippen LogP contribution in [0.4, 0.5) is 0 Å². The van der Waals surface area contributed by atoms with Gasteiger partial charge in [-0.2, -0.15) is 0 Å². The normalized spacial score (nSPS) is 28.4. The van der Waals surface area contributed by atoms with Gasteiger partial charge in [-0.3, -0.25) is 9.78 Å². The first-order chi connectivity index (χ1) is 9.09. The van der Waals surface area contributed by atoms with Gasteiger partial charge < -0.3 is 10.2 Å². The van der Waals surface area contributed by atoms with Crippen molar-refractivity contribution in [3.8, 4) is 0 Å². The van der Waals surface area contributed by atoms with Crippen LogP contribution >= 0.6 is 0 Å². The van der Waals surface area contributed by atoms with Crippen molar-refractivity contribution in [2.75, 3.05) is 19.6 Å². The first-order valence-electron chi connectivity index (χ1n) is 6.99. The van der Waals surface area contributed by atoms with Gasteiger partial charge in [0.25, 0.3) is 0 Å². The molecular weight excluding hydrogens is 238 g/mol. The van der Waals surface area contributed by atoms with Crippen LogP contribution in [0.3, 0.4) is 0 Å². The standard InChI is InChI=1S/C15H21N3O/c1-15(2)13-9-17-8-12(13)10-18(15)14(19)6-11-4-3-5-16-7-11/h3-5,7,12-13,17H,6,8-10H2,1-2H3. The summed E-state index contributed by atoms with van der Waals surface area (Å²) in [6, 6.07) is 3.85. The number of fused-ring (bicyclic) bond motifs is 1. The minimum absolute atomic E-state index is 0.0343. The Morgan fingerprint density at radius 3 is 3.05 bits per heavy atom. The Kier molecular flexibility index (Phi) is 3.05. The topological polar surface area (TPSA) is 45.2 Å². The fourth-order valence-corrected chi connectivity index (χ4v) is 3.62. The van der Waals surface area contributed by atoms with Crippen molar-refractivity contribution in [3.63, 3.8) is 0 Å². The molecule has 0 saturated carbocycles. The van der Waals surface area contributed by atoms with Gasteiger partial charge >= 0.3 is 0 Å².